The molecule has 0 spiro atoms. The number of thiophene rings is 1. The molecule has 1 aliphatic heterocycles. The van der Waals surface area contributed by atoms with Gasteiger partial charge in [-0.05, 0) is 11.4 Å². The Kier molecular flexibility index (Phi) is 3.84. The van der Waals surface area contributed by atoms with Crippen LogP contribution in [0, 0.1) is 5.92 Å². The molecule has 1 aliphatic rings. The molecule has 7 heteroatoms. The third kappa shape index (κ3) is 2.93. The zero-order valence-corrected chi connectivity index (χ0v) is 10.8. The van der Waals surface area contributed by atoms with E-state index in [9.17, 15) is 14.4 Å². The lowest BCUT2D eigenvalue weighted by atomic mass is 10.1. The number of carbonyl (C=O) groups is 3. The summed E-state index contributed by atoms with van der Waals surface area (Å²) in [5, 5.41) is 19.7. The van der Waals surface area contributed by atoms with Crippen LogP contribution < -0.4 is 0 Å². The van der Waals surface area contributed by atoms with Crippen molar-refractivity contribution >= 4 is 29.2 Å². The first-order chi connectivity index (χ1) is 8.99. The number of aliphatic carboxylic acids is 2. The predicted octanol–water partition coefficient (Wildman–Crippen LogP) is 1.20. The molecule has 0 saturated carbocycles. The van der Waals surface area contributed by atoms with Gasteiger partial charge in [-0.3, -0.25) is 14.4 Å². The van der Waals surface area contributed by atoms with Gasteiger partial charge in [-0.2, -0.15) is 0 Å². The molecule has 2 heterocycles. The standard InChI is InChI=1S/C12H13NO5S/c14-10-4-7(12(17)18)6-13(10)8(5-11(15)16)9-2-1-3-19-9/h1-3,7-8H,4-6H2,(H,15,16)(H,17,18). The first kappa shape index (κ1) is 13.5. The number of amides is 1. The van der Waals surface area contributed by atoms with E-state index in [0.29, 0.717) is 0 Å². The van der Waals surface area contributed by atoms with Crippen LogP contribution in [0.25, 0.3) is 0 Å². The van der Waals surface area contributed by atoms with E-state index in [1.807, 2.05) is 0 Å². The zero-order valence-electron chi connectivity index (χ0n) is 9.98. The van der Waals surface area contributed by atoms with E-state index in [0.717, 1.165) is 4.88 Å². The Morgan fingerprint density at radius 1 is 1.47 bits per heavy atom. The average Bonchev–Trinajstić information content (AvgIpc) is 2.94. The van der Waals surface area contributed by atoms with Gasteiger partial charge in [-0.1, -0.05) is 6.07 Å². The van der Waals surface area contributed by atoms with Gasteiger partial charge in [0.2, 0.25) is 5.91 Å². The van der Waals surface area contributed by atoms with E-state index in [-0.39, 0.29) is 25.3 Å². The fourth-order valence-corrected chi connectivity index (χ4v) is 3.05. The third-order valence-electron chi connectivity index (χ3n) is 3.12. The van der Waals surface area contributed by atoms with Gasteiger partial charge in [0.25, 0.3) is 0 Å². The number of nitrogens with zero attached hydrogens (tertiary/aromatic N) is 1. The van der Waals surface area contributed by atoms with E-state index >= 15 is 0 Å². The zero-order chi connectivity index (χ0) is 14.0. The van der Waals surface area contributed by atoms with Crippen molar-refractivity contribution in [3.63, 3.8) is 0 Å². The van der Waals surface area contributed by atoms with Crippen LogP contribution in [0.1, 0.15) is 23.8 Å². The normalized spacial score (nSPS) is 20.5. The van der Waals surface area contributed by atoms with Crippen molar-refractivity contribution < 1.29 is 24.6 Å². The fourth-order valence-electron chi connectivity index (χ4n) is 2.21. The van der Waals surface area contributed by atoms with E-state index < -0.39 is 23.9 Å². The van der Waals surface area contributed by atoms with Crippen molar-refractivity contribution in [2.45, 2.75) is 18.9 Å². The van der Waals surface area contributed by atoms with Crippen molar-refractivity contribution in [3.05, 3.63) is 22.4 Å². The smallest absolute Gasteiger partial charge is 0.308 e. The lowest BCUT2D eigenvalue weighted by Gasteiger charge is -2.25. The summed E-state index contributed by atoms with van der Waals surface area (Å²) in [4.78, 5) is 35.9. The molecule has 1 fully saturated rings. The minimum atomic E-state index is -1.02. The molecule has 0 aliphatic carbocycles. The number of carboxylic acid groups (broad SMARTS) is 2. The number of rotatable bonds is 5. The van der Waals surface area contributed by atoms with Crippen LogP contribution in [0.5, 0.6) is 0 Å². The van der Waals surface area contributed by atoms with E-state index in [1.54, 1.807) is 17.5 Å². The number of hydrogen-bond donors (Lipinski definition) is 2. The average molecular weight is 283 g/mol. The second-order valence-electron chi connectivity index (χ2n) is 4.41. The summed E-state index contributed by atoms with van der Waals surface area (Å²) in [6, 6.07) is 2.97. The Bertz CT molecular complexity index is 498. The number of hydrogen-bond acceptors (Lipinski definition) is 4. The molecule has 0 radical (unpaired) electrons. The summed E-state index contributed by atoms with van der Waals surface area (Å²) in [5.74, 6) is -3.07. The van der Waals surface area contributed by atoms with Gasteiger partial charge in [0.15, 0.2) is 0 Å². The van der Waals surface area contributed by atoms with Crippen LogP contribution in [0.4, 0.5) is 0 Å². The molecule has 1 saturated heterocycles. The Hall–Kier alpha value is -1.89. The molecule has 6 nitrogen and oxygen atoms in total. The van der Waals surface area contributed by atoms with Gasteiger partial charge in [-0.25, -0.2) is 0 Å². The summed E-state index contributed by atoms with van der Waals surface area (Å²) < 4.78 is 0. The SMILES string of the molecule is O=C(O)CC(c1cccs1)N1CC(C(=O)O)CC1=O. The molecular weight excluding hydrogens is 270 g/mol. The van der Waals surface area contributed by atoms with Crippen molar-refractivity contribution in [2.24, 2.45) is 5.92 Å². The highest BCUT2D eigenvalue weighted by Gasteiger charge is 2.39. The van der Waals surface area contributed by atoms with Crippen molar-refractivity contribution in [1.29, 1.82) is 0 Å². The maximum Gasteiger partial charge on any atom is 0.308 e. The first-order valence-electron chi connectivity index (χ1n) is 5.76. The van der Waals surface area contributed by atoms with Crippen LogP contribution >= 0.6 is 11.3 Å². The molecule has 1 aromatic rings. The van der Waals surface area contributed by atoms with Gasteiger partial charge in [0, 0.05) is 17.8 Å². The number of carboxylic acids is 2. The van der Waals surface area contributed by atoms with Gasteiger partial charge in [-0.15, -0.1) is 11.3 Å². The van der Waals surface area contributed by atoms with Crippen LogP contribution in [0.3, 0.4) is 0 Å². The minimum Gasteiger partial charge on any atom is -0.481 e. The van der Waals surface area contributed by atoms with Crippen LogP contribution in [0.2, 0.25) is 0 Å². The third-order valence-corrected chi connectivity index (χ3v) is 4.10. The van der Waals surface area contributed by atoms with Crippen molar-refractivity contribution in [2.75, 3.05) is 6.54 Å². The molecule has 0 aromatic carbocycles. The van der Waals surface area contributed by atoms with Crippen LogP contribution in [0.15, 0.2) is 17.5 Å². The van der Waals surface area contributed by atoms with Crippen LogP contribution in [-0.2, 0) is 14.4 Å². The summed E-state index contributed by atoms with van der Waals surface area (Å²) in [6.07, 6.45) is -0.268. The van der Waals surface area contributed by atoms with Gasteiger partial charge in [0.1, 0.15) is 0 Å². The summed E-state index contributed by atoms with van der Waals surface area (Å²) in [7, 11) is 0. The lowest BCUT2D eigenvalue weighted by molar-refractivity contribution is -0.141. The molecule has 19 heavy (non-hydrogen) atoms. The topological polar surface area (TPSA) is 94.9 Å². The molecule has 2 unspecified atom stereocenters. The monoisotopic (exact) mass is 283 g/mol. The first-order valence-corrected chi connectivity index (χ1v) is 6.64. The van der Waals surface area contributed by atoms with Crippen molar-refractivity contribution in [3.8, 4) is 0 Å². The lowest BCUT2D eigenvalue weighted by Crippen LogP contribution is -2.32. The predicted molar refractivity (Wildman–Crippen MR) is 66.8 cm³/mol. The second-order valence-corrected chi connectivity index (χ2v) is 5.39. The molecule has 2 N–H and O–H groups in total. The maximum atomic E-state index is 11.9. The molecular formula is C12H13NO5S. The van der Waals surface area contributed by atoms with Gasteiger partial charge >= 0.3 is 11.9 Å². The molecule has 2 atom stereocenters. The molecule has 1 aromatic heterocycles. The minimum absolute atomic E-state index is 0.0587. The van der Waals surface area contributed by atoms with Gasteiger partial charge in [0.05, 0.1) is 18.4 Å². The summed E-state index contributed by atoms with van der Waals surface area (Å²) >= 11 is 1.37. The Balaban J connectivity index is 2.22. The second kappa shape index (κ2) is 5.40. The highest BCUT2D eigenvalue weighted by molar-refractivity contribution is 7.10. The molecule has 2 rings (SSSR count). The summed E-state index contributed by atoms with van der Waals surface area (Å²) in [6.45, 7) is 0.0734. The fraction of sp³-hybridized carbons (Fsp3) is 0.417. The van der Waals surface area contributed by atoms with E-state index in [1.165, 1.54) is 16.2 Å². The van der Waals surface area contributed by atoms with Crippen LogP contribution in [-0.4, -0.2) is 39.5 Å². The quantitative estimate of drug-likeness (QED) is 0.846. The number of likely N-dealkylation sites (tertiary alicyclic amines) is 1. The number of carbonyl (C=O) groups excluding carboxylic acids is 1. The highest BCUT2D eigenvalue weighted by Crippen LogP contribution is 2.33. The molecule has 102 valence electrons. The summed E-state index contributed by atoms with van der Waals surface area (Å²) in [5.41, 5.74) is 0. The Labute approximate surface area is 113 Å². The Morgan fingerprint density at radius 3 is 2.68 bits per heavy atom. The molecule has 0 bridgehead atoms. The molecule has 1 amide bonds. The van der Waals surface area contributed by atoms with Gasteiger partial charge < -0.3 is 15.1 Å². The Morgan fingerprint density at radius 2 is 2.21 bits per heavy atom. The van der Waals surface area contributed by atoms with Crippen molar-refractivity contribution in [1.82, 2.24) is 4.90 Å². The highest BCUT2D eigenvalue weighted by atomic mass is 32.1. The van der Waals surface area contributed by atoms with E-state index in [2.05, 4.69) is 0 Å². The largest absolute Gasteiger partial charge is 0.481 e. The van der Waals surface area contributed by atoms with E-state index in [4.69, 9.17) is 10.2 Å². The maximum absolute atomic E-state index is 11.9.